The van der Waals surface area contributed by atoms with Gasteiger partial charge in [0, 0.05) is 17.6 Å². The number of fused-ring (bicyclic) bond motifs is 1. The lowest BCUT2D eigenvalue weighted by Crippen LogP contribution is -1.98. The molecule has 1 N–H and O–H groups in total. The number of nitrogens with zero attached hydrogens (tertiary/aromatic N) is 4. The molecule has 0 spiro atoms. The van der Waals surface area contributed by atoms with Gasteiger partial charge in [0.1, 0.15) is 0 Å². The molecule has 3 aromatic rings. The van der Waals surface area contributed by atoms with E-state index in [-0.39, 0.29) is 17.7 Å². The van der Waals surface area contributed by atoms with Crippen molar-refractivity contribution in [2.75, 3.05) is 0 Å². The maximum atomic E-state index is 10.5. The van der Waals surface area contributed by atoms with Gasteiger partial charge in [-0.25, -0.2) is 4.98 Å². The molecular weight excluding hydrogens is 335 g/mol. The summed E-state index contributed by atoms with van der Waals surface area (Å²) in [6.07, 6.45) is 1.44. The predicted molar refractivity (Wildman–Crippen MR) is 92.4 cm³/mol. The summed E-state index contributed by atoms with van der Waals surface area (Å²) < 4.78 is 1.81. The van der Waals surface area contributed by atoms with E-state index < -0.39 is 0 Å². The minimum Gasteiger partial charge on any atom is -0.493 e. The number of rotatable bonds is 3. The first kappa shape index (κ1) is 15.8. The molecule has 0 aliphatic carbocycles. The Morgan fingerprint density at radius 2 is 1.91 bits per heavy atom. The van der Waals surface area contributed by atoms with E-state index in [1.54, 1.807) is 10.6 Å². The number of hydrogen-bond donors (Lipinski definition) is 1. The molecule has 1 aromatic carbocycles. The minimum absolute atomic E-state index is 0.0648. The second-order valence-electron chi connectivity index (χ2n) is 5.31. The van der Waals surface area contributed by atoms with Gasteiger partial charge in [-0.2, -0.15) is 0 Å². The molecule has 0 saturated heterocycles. The average molecular weight is 349 g/mol. The Labute approximate surface area is 143 Å². The topological polar surface area (TPSA) is 62.8 Å². The number of pyridine rings is 1. The Morgan fingerprint density at radius 3 is 2.61 bits per heavy atom. The Kier molecular flexibility index (Phi) is 4.24. The van der Waals surface area contributed by atoms with Crippen LogP contribution in [0.3, 0.4) is 0 Å². The van der Waals surface area contributed by atoms with Gasteiger partial charge < -0.3 is 9.67 Å². The molecule has 7 heteroatoms. The van der Waals surface area contributed by atoms with Gasteiger partial charge in [0.25, 0.3) is 0 Å². The molecule has 2 aromatic heterocycles. The number of halogens is 2. The summed E-state index contributed by atoms with van der Waals surface area (Å²) in [6.45, 7) is 3.98. The second kappa shape index (κ2) is 6.18. The highest BCUT2D eigenvalue weighted by Gasteiger charge is 2.18. The molecule has 0 atom stereocenters. The van der Waals surface area contributed by atoms with Crippen molar-refractivity contribution in [3.63, 3.8) is 0 Å². The normalized spacial score (nSPS) is 11.9. The van der Waals surface area contributed by atoms with Gasteiger partial charge in [-0.05, 0) is 26.0 Å². The lowest BCUT2D eigenvalue weighted by atomic mass is 10.2. The number of aromatic nitrogens is 2. The van der Waals surface area contributed by atoms with Crippen molar-refractivity contribution < 1.29 is 5.11 Å². The maximum Gasteiger partial charge on any atom is 0.221 e. The number of azo groups is 1. The molecular formula is C16H14Cl2N4O. The van der Waals surface area contributed by atoms with E-state index in [2.05, 4.69) is 15.2 Å². The molecule has 0 unspecified atom stereocenters. The minimum atomic E-state index is 0.0648. The standard InChI is InChI=1S/C16H14Cl2N4O/c1-9(2)22-13-6-4-3-5-11(13)14(16(22)23)20-21-15-12(18)7-10(17)8-19-15/h3-9,23H,1-2H3. The Bertz CT molecular complexity index is 902. The fraction of sp³-hybridized carbons (Fsp3) is 0.188. The Hall–Kier alpha value is -2.11. The van der Waals surface area contributed by atoms with E-state index in [9.17, 15) is 5.11 Å². The molecule has 3 rings (SSSR count). The first-order chi connectivity index (χ1) is 11.0. The third-order valence-corrected chi connectivity index (χ3v) is 3.89. The summed E-state index contributed by atoms with van der Waals surface area (Å²) in [7, 11) is 0. The van der Waals surface area contributed by atoms with Crippen LogP contribution in [-0.4, -0.2) is 14.7 Å². The molecule has 0 aliphatic heterocycles. The van der Waals surface area contributed by atoms with E-state index in [0.29, 0.717) is 15.7 Å². The Morgan fingerprint density at radius 1 is 1.17 bits per heavy atom. The lowest BCUT2D eigenvalue weighted by molar-refractivity contribution is 0.407. The summed E-state index contributed by atoms with van der Waals surface area (Å²) in [5.74, 6) is 0.312. The van der Waals surface area contributed by atoms with Crippen LogP contribution in [0.1, 0.15) is 19.9 Å². The lowest BCUT2D eigenvalue weighted by Gasteiger charge is -2.10. The van der Waals surface area contributed by atoms with Crippen LogP contribution in [0, 0.1) is 0 Å². The molecule has 0 bridgehead atoms. The first-order valence-corrected chi connectivity index (χ1v) is 7.79. The summed E-state index contributed by atoms with van der Waals surface area (Å²) in [6, 6.07) is 9.25. The molecule has 0 aliphatic rings. The maximum absolute atomic E-state index is 10.5. The van der Waals surface area contributed by atoms with Crippen LogP contribution in [0.4, 0.5) is 11.5 Å². The number of hydrogen-bond acceptors (Lipinski definition) is 4. The van der Waals surface area contributed by atoms with Gasteiger partial charge >= 0.3 is 0 Å². The van der Waals surface area contributed by atoms with Gasteiger partial charge in [0.15, 0.2) is 11.5 Å². The highest BCUT2D eigenvalue weighted by molar-refractivity contribution is 6.35. The largest absolute Gasteiger partial charge is 0.493 e. The second-order valence-corrected chi connectivity index (χ2v) is 6.16. The fourth-order valence-corrected chi connectivity index (χ4v) is 2.85. The molecule has 0 saturated carbocycles. The molecule has 23 heavy (non-hydrogen) atoms. The van der Waals surface area contributed by atoms with Crippen LogP contribution in [0.2, 0.25) is 10.0 Å². The van der Waals surface area contributed by atoms with Crippen molar-refractivity contribution >= 4 is 45.6 Å². The van der Waals surface area contributed by atoms with Crippen molar-refractivity contribution in [1.29, 1.82) is 0 Å². The van der Waals surface area contributed by atoms with E-state index in [4.69, 9.17) is 23.2 Å². The van der Waals surface area contributed by atoms with Gasteiger partial charge in [0.2, 0.25) is 5.88 Å². The highest BCUT2D eigenvalue weighted by Crippen LogP contribution is 2.41. The third kappa shape index (κ3) is 2.90. The van der Waals surface area contributed by atoms with Gasteiger partial charge in [-0.3, -0.25) is 0 Å². The Balaban J connectivity index is 2.13. The van der Waals surface area contributed by atoms with E-state index >= 15 is 0 Å². The van der Waals surface area contributed by atoms with Crippen LogP contribution in [0.15, 0.2) is 46.8 Å². The van der Waals surface area contributed by atoms with Gasteiger partial charge in [0.05, 0.1) is 15.6 Å². The van der Waals surface area contributed by atoms with Crippen LogP contribution < -0.4 is 0 Å². The van der Waals surface area contributed by atoms with Crippen molar-refractivity contribution in [3.8, 4) is 5.88 Å². The number of benzene rings is 1. The van der Waals surface area contributed by atoms with Crippen molar-refractivity contribution in [3.05, 3.63) is 46.6 Å². The zero-order valence-corrected chi connectivity index (χ0v) is 14.0. The number of aromatic hydroxyl groups is 1. The summed E-state index contributed by atoms with van der Waals surface area (Å²) in [4.78, 5) is 4.03. The SMILES string of the molecule is CC(C)n1c(O)c(N=Nc2ncc(Cl)cc2Cl)c2ccccc21. The fourth-order valence-electron chi connectivity index (χ4n) is 2.43. The quantitative estimate of drug-likeness (QED) is 0.586. The van der Waals surface area contributed by atoms with Crippen LogP contribution >= 0.6 is 23.2 Å². The monoisotopic (exact) mass is 348 g/mol. The van der Waals surface area contributed by atoms with Gasteiger partial charge in [-0.15, -0.1) is 10.2 Å². The summed E-state index contributed by atoms with van der Waals surface area (Å²) in [5.41, 5.74) is 1.28. The third-order valence-electron chi connectivity index (χ3n) is 3.41. The smallest absolute Gasteiger partial charge is 0.221 e. The summed E-state index contributed by atoms with van der Waals surface area (Å²) in [5, 5.41) is 20.3. The molecule has 0 fully saturated rings. The summed E-state index contributed by atoms with van der Waals surface area (Å²) >= 11 is 11.9. The van der Waals surface area contributed by atoms with E-state index in [0.717, 1.165) is 10.9 Å². The van der Waals surface area contributed by atoms with Crippen molar-refractivity contribution in [2.45, 2.75) is 19.9 Å². The van der Waals surface area contributed by atoms with E-state index in [1.165, 1.54) is 6.20 Å². The van der Waals surface area contributed by atoms with Crippen LogP contribution in [0.25, 0.3) is 10.9 Å². The molecule has 118 valence electrons. The molecule has 2 heterocycles. The van der Waals surface area contributed by atoms with Crippen molar-refractivity contribution in [2.24, 2.45) is 10.2 Å². The first-order valence-electron chi connectivity index (χ1n) is 7.03. The average Bonchev–Trinajstić information content (AvgIpc) is 2.78. The van der Waals surface area contributed by atoms with Crippen molar-refractivity contribution in [1.82, 2.24) is 9.55 Å². The molecule has 0 radical (unpaired) electrons. The number of para-hydroxylation sites is 1. The van der Waals surface area contributed by atoms with Crippen LogP contribution in [0.5, 0.6) is 5.88 Å². The predicted octanol–water partition coefficient (Wildman–Crippen LogP) is 6.05. The molecule has 5 nitrogen and oxygen atoms in total. The molecule has 0 amide bonds. The highest BCUT2D eigenvalue weighted by atomic mass is 35.5. The van der Waals surface area contributed by atoms with Gasteiger partial charge in [-0.1, -0.05) is 41.4 Å². The van der Waals surface area contributed by atoms with E-state index in [1.807, 2.05) is 38.1 Å². The zero-order chi connectivity index (χ0) is 16.6. The van der Waals surface area contributed by atoms with Crippen LogP contribution in [-0.2, 0) is 0 Å². The zero-order valence-electron chi connectivity index (χ0n) is 12.5.